The summed E-state index contributed by atoms with van der Waals surface area (Å²) in [6.45, 7) is 0. The van der Waals surface area contributed by atoms with Crippen molar-refractivity contribution in [3.8, 4) is 0 Å². The zero-order valence-electron chi connectivity index (χ0n) is 11.1. The fourth-order valence-electron chi connectivity index (χ4n) is 1.84. The van der Waals surface area contributed by atoms with E-state index in [9.17, 15) is 17.6 Å². The van der Waals surface area contributed by atoms with Gasteiger partial charge < -0.3 is 5.32 Å². The van der Waals surface area contributed by atoms with E-state index < -0.39 is 27.4 Å². The van der Waals surface area contributed by atoms with Crippen LogP contribution in [-0.2, 0) is 15.7 Å². The highest BCUT2D eigenvalue weighted by Gasteiger charge is 2.35. The zero-order valence-corrected chi connectivity index (χ0v) is 13.6. The molecule has 2 aromatic carbocycles. The number of carbonyl (C=O) groups is 1. The molecule has 0 spiro atoms. The summed E-state index contributed by atoms with van der Waals surface area (Å²) in [6, 6.07) is 11.4. The molecule has 8 heteroatoms. The topological polar surface area (TPSA) is 89.3 Å². The van der Waals surface area contributed by atoms with Crippen molar-refractivity contribution in [2.45, 2.75) is 4.99 Å². The number of carbonyl (C=O) groups excluding carboxylic acids is 1. The average Bonchev–Trinajstić information content (AvgIpc) is 2.50. The molecular weight excluding hydrogens is 375 g/mol. The van der Waals surface area contributed by atoms with Gasteiger partial charge in [-0.05, 0) is 30.3 Å². The molecule has 22 heavy (non-hydrogen) atoms. The molecule has 1 atom stereocenters. The Morgan fingerprint density at radius 3 is 2.41 bits per heavy atom. The summed E-state index contributed by atoms with van der Waals surface area (Å²) in [6.07, 6.45) is 0. The van der Waals surface area contributed by atoms with Gasteiger partial charge in [-0.25, -0.2) is 12.8 Å². The Kier molecular flexibility index (Phi) is 4.94. The van der Waals surface area contributed by atoms with E-state index in [1.165, 1.54) is 18.2 Å². The molecular formula is C14H12BrFN2O3S. The van der Waals surface area contributed by atoms with Crippen molar-refractivity contribution in [2.24, 2.45) is 5.73 Å². The van der Waals surface area contributed by atoms with E-state index in [0.717, 1.165) is 12.1 Å². The number of thiol groups is 1. The Hall–Kier alpha value is -1.77. The lowest BCUT2D eigenvalue weighted by molar-refractivity contribution is 0.0927. The fourth-order valence-corrected chi connectivity index (χ4v) is 3.12. The zero-order chi connectivity index (χ0) is 16.3. The monoisotopic (exact) mass is 386 g/mol. The summed E-state index contributed by atoms with van der Waals surface area (Å²) < 4.78 is 36.9. The van der Waals surface area contributed by atoms with Crippen LogP contribution in [0.2, 0.25) is 0 Å². The molecule has 0 saturated heterocycles. The van der Waals surface area contributed by atoms with E-state index >= 15 is 0 Å². The maximum Gasteiger partial charge on any atom is 0.253 e. The molecule has 116 valence electrons. The summed E-state index contributed by atoms with van der Waals surface area (Å²) in [5, 5.41) is 2.24. The number of amides is 1. The molecule has 1 unspecified atom stereocenters. The lowest BCUT2D eigenvalue weighted by Gasteiger charge is -2.26. The summed E-state index contributed by atoms with van der Waals surface area (Å²) in [5.74, 6) is -1.35. The summed E-state index contributed by atoms with van der Waals surface area (Å²) >= 11 is 3.12. The van der Waals surface area contributed by atoms with Gasteiger partial charge in [-0.2, -0.15) is 0 Å². The number of nitrogens with one attached hydrogen (secondary N) is 1. The maximum atomic E-state index is 13.4. The van der Waals surface area contributed by atoms with Crippen LogP contribution in [0.4, 0.5) is 4.39 Å². The fraction of sp³-hybridized carbons (Fsp3) is 0.0714. The largest absolute Gasteiger partial charge is 0.318 e. The SMILES string of the molecule is NC(NC(=O)c1ccccc1)(c1cc(F)ccc1Br)[SH](=O)=O. The van der Waals surface area contributed by atoms with Crippen LogP contribution in [0.5, 0.6) is 0 Å². The molecule has 0 bridgehead atoms. The second-order valence-corrected chi connectivity index (χ2v) is 6.54. The summed E-state index contributed by atoms with van der Waals surface area (Å²) in [5.41, 5.74) is 5.99. The highest BCUT2D eigenvalue weighted by Crippen LogP contribution is 2.27. The van der Waals surface area contributed by atoms with Gasteiger partial charge in [0, 0.05) is 15.6 Å². The Labute approximate surface area is 136 Å². The van der Waals surface area contributed by atoms with Gasteiger partial charge in [-0.3, -0.25) is 10.5 Å². The first-order valence-electron chi connectivity index (χ1n) is 6.11. The smallest absolute Gasteiger partial charge is 0.253 e. The van der Waals surface area contributed by atoms with Gasteiger partial charge >= 0.3 is 0 Å². The van der Waals surface area contributed by atoms with E-state index in [4.69, 9.17) is 5.73 Å². The summed E-state index contributed by atoms with van der Waals surface area (Å²) in [4.78, 5) is 9.93. The van der Waals surface area contributed by atoms with Crippen LogP contribution in [0.3, 0.4) is 0 Å². The number of nitrogens with two attached hydrogens (primary N) is 1. The first-order valence-corrected chi connectivity index (χ1v) is 8.08. The second-order valence-electron chi connectivity index (χ2n) is 4.47. The van der Waals surface area contributed by atoms with Crippen LogP contribution < -0.4 is 11.1 Å². The van der Waals surface area contributed by atoms with Crippen molar-refractivity contribution in [1.29, 1.82) is 0 Å². The summed E-state index contributed by atoms with van der Waals surface area (Å²) in [7, 11) is -3.32. The molecule has 0 heterocycles. The Bertz CT molecular complexity index is 775. The number of hydrogen-bond acceptors (Lipinski definition) is 4. The van der Waals surface area contributed by atoms with Gasteiger partial charge in [0.05, 0.1) is 0 Å². The van der Waals surface area contributed by atoms with Gasteiger partial charge in [-0.15, -0.1) is 0 Å². The van der Waals surface area contributed by atoms with Crippen molar-refractivity contribution in [3.63, 3.8) is 0 Å². The number of rotatable bonds is 4. The minimum absolute atomic E-state index is 0.0899. The number of hydrogen-bond donors (Lipinski definition) is 3. The first-order chi connectivity index (χ1) is 10.3. The Morgan fingerprint density at radius 2 is 1.82 bits per heavy atom. The van der Waals surface area contributed by atoms with Crippen LogP contribution in [0, 0.1) is 5.82 Å². The van der Waals surface area contributed by atoms with Gasteiger partial charge in [0.2, 0.25) is 4.99 Å². The molecule has 1 amide bonds. The molecule has 0 aliphatic rings. The van der Waals surface area contributed by atoms with Gasteiger partial charge in [0.1, 0.15) is 5.82 Å². The highest BCUT2D eigenvalue weighted by atomic mass is 79.9. The van der Waals surface area contributed by atoms with Gasteiger partial charge in [-0.1, -0.05) is 34.1 Å². The van der Waals surface area contributed by atoms with Crippen molar-refractivity contribution in [3.05, 3.63) is 69.9 Å². The van der Waals surface area contributed by atoms with Crippen LogP contribution in [-0.4, -0.2) is 14.3 Å². The normalized spacial score (nSPS) is 13.6. The first kappa shape index (κ1) is 16.6. The van der Waals surface area contributed by atoms with Crippen molar-refractivity contribution < 1.29 is 17.6 Å². The molecule has 0 radical (unpaired) electrons. The van der Waals surface area contributed by atoms with Crippen molar-refractivity contribution in [1.82, 2.24) is 5.32 Å². The van der Waals surface area contributed by atoms with Gasteiger partial charge in [0.15, 0.2) is 10.7 Å². The van der Waals surface area contributed by atoms with E-state index in [0.29, 0.717) is 0 Å². The second kappa shape index (κ2) is 6.55. The molecule has 2 rings (SSSR count). The average molecular weight is 387 g/mol. The van der Waals surface area contributed by atoms with Crippen LogP contribution in [0.1, 0.15) is 15.9 Å². The molecule has 5 nitrogen and oxygen atoms in total. The van der Waals surface area contributed by atoms with Crippen LogP contribution in [0.25, 0.3) is 0 Å². The minimum atomic E-state index is -3.32. The number of benzene rings is 2. The third-order valence-electron chi connectivity index (χ3n) is 2.97. The Balaban J connectivity index is 2.45. The van der Waals surface area contributed by atoms with E-state index in [1.54, 1.807) is 18.2 Å². The lowest BCUT2D eigenvalue weighted by atomic mass is 10.1. The van der Waals surface area contributed by atoms with Gasteiger partial charge in [0.25, 0.3) is 5.91 Å². The molecule has 0 aliphatic heterocycles. The predicted molar refractivity (Wildman–Crippen MR) is 84.2 cm³/mol. The molecule has 0 saturated carbocycles. The third-order valence-corrected chi connectivity index (χ3v) is 4.59. The molecule has 0 fully saturated rings. The highest BCUT2D eigenvalue weighted by molar-refractivity contribution is 9.10. The van der Waals surface area contributed by atoms with Crippen molar-refractivity contribution in [2.75, 3.05) is 0 Å². The van der Waals surface area contributed by atoms with Crippen LogP contribution >= 0.6 is 15.9 Å². The molecule has 2 aromatic rings. The van der Waals surface area contributed by atoms with Crippen LogP contribution in [0.15, 0.2) is 53.0 Å². The number of halogens is 2. The van der Waals surface area contributed by atoms with E-state index in [2.05, 4.69) is 21.2 Å². The Morgan fingerprint density at radius 1 is 1.18 bits per heavy atom. The predicted octanol–water partition coefficient (Wildman–Crippen LogP) is 1.70. The quantitative estimate of drug-likeness (QED) is 0.551. The minimum Gasteiger partial charge on any atom is -0.318 e. The van der Waals surface area contributed by atoms with E-state index in [1.807, 2.05) is 0 Å². The van der Waals surface area contributed by atoms with Crippen molar-refractivity contribution >= 4 is 32.5 Å². The lowest BCUT2D eigenvalue weighted by Crippen LogP contribution is -2.54. The molecule has 0 aromatic heterocycles. The third kappa shape index (κ3) is 3.34. The molecule has 3 N–H and O–H groups in total. The standard InChI is InChI=1S/C14H12BrFN2O3S/c15-12-7-6-10(16)8-11(12)14(17,22(20)21)18-13(19)9-4-2-1-3-5-9/h1-8,22H,17H2,(H,18,19). The van der Waals surface area contributed by atoms with E-state index in [-0.39, 0.29) is 15.6 Å². The molecule has 0 aliphatic carbocycles. The maximum absolute atomic E-state index is 13.4.